The van der Waals surface area contributed by atoms with Crippen molar-refractivity contribution in [2.24, 2.45) is 5.73 Å². The van der Waals surface area contributed by atoms with E-state index in [1.165, 1.54) is 13.1 Å². The molecular formula is C11H17N2O8PS. The Morgan fingerprint density at radius 2 is 2.13 bits per heavy atom. The number of pyridine rings is 1. The van der Waals surface area contributed by atoms with Crippen LogP contribution < -0.4 is 5.73 Å². The second-order valence-corrected chi connectivity index (χ2v) is 5.74. The Bertz CT molecular complexity index is 606. The first-order chi connectivity index (χ1) is 10.5. The number of hydrogen-bond donors (Lipinski definition) is 6. The summed E-state index contributed by atoms with van der Waals surface area (Å²) in [5.74, 6) is -1.13. The predicted octanol–water partition coefficient (Wildman–Crippen LogP) is -0.154. The molecule has 1 aromatic rings. The minimum atomic E-state index is -4.61. The molecule has 0 fully saturated rings. The molecule has 0 aliphatic rings. The highest BCUT2D eigenvalue weighted by Crippen LogP contribution is 2.37. The number of aromatic nitrogens is 1. The molecule has 0 aromatic carbocycles. The summed E-state index contributed by atoms with van der Waals surface area (Å²) < 4.78 is 14.7. The van der Waals surface area contributed by atoms with Crippen LogP contribution in [0, 0.1) is 6.92 Å². The van der Waals surface area contributed by atoms with Crippen LogP contribution in [0.3, 0.4) is 0 Å². The molecule has 1 atom stereocenters. The van der Waals surface area contributed by atoms with Crippen molar-refractivity contribution >= 4 is 32.7 Å². The number of aryl methyl sites for hydroxylation is 1. The molecule has 0 aliphatic heterocycles. The van der Waals surface area contributed by atoms with Crippen molar-refractivity contribution in [1.29, 1.82) is 0 Å². The van der Waals surface area contributed by atoms with Crippen molar-refractivity contribution in [3.63, 3.8) is 0 Å². The van der Waals surface area contributed by atoms with E-state index in [9.17, 15) is 19.3 Å². The van der Waals surface area contributed by atoms with Gasteiger partial charge in [-0.2, -0.15) is 12.6 Å². The Hall–Kier alpha value is -1.49. The molecule has 1 rings (SSSR count). The summed E-state index contributed by atoms with van der Waals surface area (Å²) in [6.07, 6.45) is 1.59. The molecule has 23 heavy (non-hydrogen) atoms. The number of aldehydes is 1. The Morgan fingerprint density at radius 3 is 2.48 bits per heavy atom. The summed E-state index contributed by atoms with van der Waals surface area (Å²) in [6.45, 7) is 0.995. The summed E-state index contributed by atoms with van der Waals surface area (Å²) in [6, 6.07) is -0.816. The number of thiol groups is 1. The van der Waals surface area contributed by atoms with Crippen LogP contribution in [0.15, 0.2) is 6.20 Å². The number of phosphoric ester groups is 1. The Balaban J connectivity index is 0.000000585. The number of carbonyl (C=O) groups excluding carboxylic acids is 1. The van der Waals surface area contributed by atoms with Gasteiger partial charge in [-0.05, 0) is 6.92 Å². The van der Waals surface area contributed by atoms with Gasteiger partial charge in [0.1, 0.15) is 11.8 Å². The average molecular weight is 368 g/mol. The van der Waals surface area contributed by atoms with Crippen LogP contribution in [-0.4, -0.2) is 49.0 Å². The lowest BCUT2D eigenvalue weighted by molar-refractivity contribution is -0.137. The number of aliphatic carboxylic acids is 1. The molecule has 10 nitrogen and oxygen atoms in total. The lowest BCUT2D eigenvalue weighted by Crippen LogP contribution is -2.31. The number of rotatable bonds is 6. The first kappa shape index (κ1) is 21.5. The molecule has 1 heterocycles. The second kappa shape index (κ2) is 9.60. The number of aromatic hydroxyl groups is 1. The number of carbonyl (C=O) groups is 2. The third kappa shape index (κ3) is 8.07. The van der Waals surface area contributed by atoms with Gasteiger partial charge >= 0.3 is 13.8 Å². The van der Waals surface area contributed by atoms with Crippen molar-refractivity contribution in [3.05, 3.63) is 23.0 Å². The van der Waals surface area contributed by atoms with Crippen LogP contribution in [0.5, 0.6) is 5.75 Å². The number of carboxylic acids is 1. The summed E-state index contributed by atoms with van der Waals surface area (Å²) in [5, 5.41) is 17.5. The molecule has 1 unspecified atom stereocenters. The fourth-order valence-electron chi connectivity index (χ4n) is 1.13. The second-order valence-electron chi connectivity index (χ2n) is 4.14. The molecule has 0 spiro atoms. The van der Waals surface area contributed by atoms with E-state index in [0.29, 0.717) is 6.29 Å². The summed E-state index contributed by atoms with van der Waals surface area (Å²) in [7, 11) is -4.61. The third-order valence-electron chi connectivity index (χ3n) is 2.38. The van der Waals surface area contributed by atoms with Crippen LogP contribution >= 0.6 is 20.5 Å². The highest BCUT2D eigenvalue weighted by Gasteiger charge is 2.17. The smallest absolute Gasteiger partial charge is 0.469 e. The normalized spacial score (nSPS) is 12.0. The van der Waals surface area contributed by atoms with Crippen LogP contribution in [0.2, 0.25) is 0 Å². The molecule has 0 bridgehead atoms. The maximum atomic E-state index is 10.7. The van der Waals surface area contributed by atoms with Crippen LogP contribution in [0.1, 0.15) is 21.6 Å². The summed E-state index contributed by atoms with van der Waals surface area (Å²) in [4.78, 5) is 41.2. The lowest BCUT2D eigenvalue weighted by Gasteiger charge is -2.09. The van der Waals surface area contributed by atoms with Crippen LogP contribution in [-0.2, 0) is 20.5 Å². The zero-order chi connectivity index (χ0) is 18.2. The fraction of sp³-hybridized carbons (Fsp3) is 0.364. The largest absolute Gasteiger partial charge is 0.505 e. The van der Waals surface area contributed by atoms with E-state index < -0.39 is 26.4 Å². The Morgan fingerprint density at radius 1 is 1.57 bits per heavy atom. The maximum absolute atomic E-state index is 10.7. The van der Waals surface area contributed by atoms with E-state index in [-0.39, 0.29) is 28.3 Å². The van der Waals surface area contributed by atoms with Crippen molar-refractivity contribution in [2.45, 2.75) is 19.6 Å². The standard InChI is InChI=1S/C8H10NO6P.C3H7NO2S/c1-5-8(11)7(3-10)6(2-9-5)4-15-16(12,13)14;4-2(1-7)3(5)6/h2-3,11H,4H2,1H3,(H2,12,13,14);2,7H,1,4H2,(H,5,6). The van der Waals surface area contributed by atoms with Crippen molar-refractivity contribution < 1.29 is 38.7 Å². The average Bonchev–Trinajstić information content (AvgIpc) is 2.47. The van der Waals surface area contributed by atoms with Gasteiger partial charge in [0.15, 0.2) is 6.29 Å². The molecular weight excluding hydrogens is 351 g/mol. The predicted molar refractivity (Wildman–Crippen MR) is 82.3 cm³/mol. The minimum absolute atomic E-state index is 0.0825. The molecule has 0 saturated heterocycles. The van der Waals surface area contributed by atoms with Crippen LogP contribution in [0.4, 0.5) is 0 Å². The minimum Gasteiger partial charge on any atom is -0.505 e. The molecule has 0 amide bonds. The van der Waals surface area contributed by atoms with Crippen LogP contribution in [0.25, 0.3) is 0 Å². The van der Waals surface area contributed by atoms with E-state index in [2.05, 4.69) is 22.1 Å². The molecule has 6 N–H and O–H groups in total. The van der Waals surface area contributed by atoms with Gasteiger partial charge < -0.3 is 25.7 Å². The lowest BCUT2D eigenvalue weighted by atomic mass is 10.1. The molecule has 1 aromatic heterocycles. The van der Waals surface area contributed by atoms with E-state index in [1.807, 2.05) is 0 Å². The summed E-state index contributed by atoms with van der Waals surface area (Å²) in [5.41, 5.74) is 5.22. The van der Waals surface area contributed by atoms with E-state index in [0.717, 1.165) is 0 Å². The summed E-state index contributed by atoms with van der Waals surface area (Å²) >= 11 is 3.65. The van der Waals surface area contributed by atoms with Gasteiger partial charge in [-0.15, -0.1) is 0 Å². The SMILES string of the molecule is Cc1ncc(COP(=O)(O)O)c(C=O)c1O.NC(CS)C(=O)O. The Labute approximate surface area is 137 Å². The van der Waals surface area contributed by atoms with Gasteiger partial charge in [0.05, 0.1) is 17.9 Å². The van der Waals surface area contributed by atoms with E-state index >= 15 is 0 Å². The number of nitrogens with two attached hydrogens (primary N) is 1. The van der Waals surface area contributed by atoms with Gasteiger partial charge in [0, 0.05) is 17.5 Å². The van der Waals surface area contributed by atoms with Gasteiger partial charge in [-0.1, -0.05) is 0 Å². The topological polar surface area (TPSA) is 180 Å². The van der Waals surface area contributed by atoms with E-state index in [1.54, 1.807) is 0 Å². The van der Waals surface area contributed by atoms with Crippen molar-refractivity contribution in [2.75, 3.05) is 5.75 Å². The molecule has 0 saturated carbocycles. The zero-order valence-corrected chi connectivity index (χ0v) is 13.8. The molecule has 12 heteroatoms. The van der Waals surface area contributed by atoms with Gasteiger partial charge in [0.25, 0.3) is 0 Å². The van der Waals surface area contributed by atoms with Gasteiger partial charge in [0.2, 0.25) is 0 Å². The first-order valence-corrected chi connectivity index (χ1v) is 8.11. The zero-order valence-electron chi connectivity index (χ0n) is 12.0. The molecule has 130 valence electrons. The van der Waals surface area contributed by atoms with Crippen molar-refractivity contribution in [3.8, 4) is 5.75 Å². The third-order valence-corrected chi connectivity index (χ3v) is 3.24. The highest BCUT2D eigenvalue weighted by molar-refractivity contribution is 7.80. The monoisotopic (exact) mass is 368 g/mol. The molecule has 0 radical (unpaired) electrons. The number of nitrogens with zero attached hydrogens (tertiary/aromatic N) is 1. The van der Waals surface area contributed by atoms with Gasteiger partial charge in [-0.25, -0.2) is 4.57 Å². The highest BCUT2D eigenvalue weighted by atomic mass is 32.1. The maximum Gasteiger partial charge on any atom is 0.469 e. The number of phosphoric acid groups is 1. The molecule has 0 aliphatic carbocycles. The van der Waals surface area contributed by atoms with E-state index in [4.69, 9.17) is 20.6 Å². The number of hydrogen-bond acceptors (Lipinski definition) is 8. The first-order valence-electron chi connectivity index (χ1n) is 5.95. The quantitative estimate of drug-likeness (QED) is 0.224. The van der Waals surface area contributed by atoms with Gasteiger partial charge in [-0.3, -0.25) is 19.1 Å². The number of carboxylic acid groups (broad SMARTS) is 1. The van der Waals surface area contributed by atoms with Crippen molar-refractivity contribution in [1.82, 2.24) is 4.98 Å². The Kier molecular flexibility index (Phi) is 8.98. The fourth-order valence-corrected chi connectivity index (χ4v) is 1.59.